The predicted octanol–water partition coefficient (Wildman–Crippen LogP) is 1.94. The highest BCUT2D eigenvalue weighted by Gasteiger charge is 2.48. The van der Waals surface area contributed by atoms with Gasteiger partial charge in [-0.1, -0.05) is 12.8 Å². The number of benzene rings is 1. The molecule has 3 aliphatic rings. The number of hydrogen-bond acceptors (Lipinski definition) is 6. The van der Waals surface area contributed by atoms with E-state index in [1.807, 2.05) is 0 Å². The number of esters is 1. The molecule has 0 spiro atoms. The van der Waals surface area contributed by atoms with E-state index in [2.05, 4.69) is 9.64 Å². The number of likely N-dealkylation sites (tertiary alicyclic amines) is 1. The average Bonchev–Trinajstić information content (AvgIpc) is 3.02. The normalized spacial score (nSPS) is 28.4. The lowest BCUT2D eigenvalue weighted by Crippen LogP contribution is -2.56. The molecule has 1 aliphatic carbocycles. The van der Waals surface area contributed by atoms with Crippen LogP contribution in [0.4, 0.5) is 5.69 Å². The molecule has 2 heterocycles. The van der Waals surface area contributed by atoms with E-state index >= 15 is 0 Å². The summed E-state index contributed by atoms with van der Waals surface area (Å²) in [5.41, 5.74) is 0.819. The van der Waals surface area contributed by atoms with Crippen LogP contribution in [0.2, 0.25) is 0 Å². The fourth-order valence-electron chi connectivity index (χ4n) is 4.87. The number of carbonyl (C=O) groups excluding carboxylic acids is 4. The third-order valence-corrected chi connectivity index (χ3v) is 6.26. The summed E-state index contributed by atoms with van der Waals surface area (Å²) in [4.78, 5) is 53.0. The van der Waals surface area contributed by atoms with Crippen molar-refractivity contribution in [1.82, 2.24) is 4.90 Å². The van der Waals surface area contributed by atoms with Crippen molar-refractivity contribution in [3.63, 3.8) is 0 Å². The van der Waals surface area contributed by atoms with E-state index < -0.39 is 12.0 Å². The van der Waals surface area contributed by atoms with Crippen molar-refractivity contribution in [3.8, 4) is 0 Å². The fourth-order valence-corrected chi connectivity index (χ4v) is 4.87. The Bertz CT molecular complexity index is 819. The molecule has 1 aromatic rings. The Morgan fingerprint density at radius 2 is 1.79 bits per heavy atom. The summed E-state index contributed by atoms with van der Waals surface area (Å²) in [7, 11) is 1.30. The molecule has 1 aromatic carbocycles. The van der Waals surface area contributed by atoms with Gasteiger partial charge in [0, 0.05) is 24.9 Å². The first-order valence-electron chi connectivity index (χ1n) is 9.85. The number of imide groups is 1. The molecule has 148 valence electrons. The van der Waals surface area contributed by atoms with Crippen LogP contribution in [0.15, 0.2) is 24.3 Å². The number of ether oxygens (including phenoxy) is 1. The number of ketones is 1. The third-order valence-electron chi connectivity index (χ3n) is 6.26. The standard InChI is InChI=1S/C21H24N2O5/c1-28-21(27)13-6-8-14(9-7-13)23-19(25)12-17(20(23)26)22-11-10-18(24)15-4-2-3-5-16(15)22/h6-9,15-17H,2-5,10-12H2,1H3/t15-,16-,17?/m1/s1. The number of anilines is 1. The Hall–Kier alpha value is -2.54. The number of carbonyl (C=O) groups is 4. The molecule has 3 fully saturated rings. The number of fused-ring (bicyclic) bond motifs is 1. The Morgan fingerprint density at radius 3 is 2.50 bits per heavy atom. The zero-order chi connectivity index (χ0) is 19.8. The van der Waals surface area contributed by atoms with Gasteiger partial charge in [-0.05, 0) is 37.1 Å². The van der Waals surface area contributed by atoms with Crippen LogP contribution in [-0.2, 0) is 19.1 Å². The summed E-state index contributed by atoms with van der Waals surface area (Å²) in [6, 6.07) is 5.84. The quantitative estimate of drug-likeness (QED) is 0.585. The zero-order valence-corrected chi connectivity index (χ0v) is 15.9. The third kappa shape index (κ3) is 3.13. The van der Waals surface area contributed by atoms with E-state index in [9.17, 15) is 19.2 Å². The second-order valence-electron chi connectivity index (χ2n) is 7.74. The first-order chi connectivity index (χ1) is 13.5. The highest BCUT2D eigenvalue weighted by Crippen LogP contribution is 2.37. The van der Waals surface area contributed by atoms with E-state index in [1.54, 1.807) is 24.3 Å². The van der Waals surface area contributed by atoms with E-state index in [0.717, 1.165) is 25.7 Å². The maximum atomic E-state index is 13.1. The number of Topliss-reactive ketones (excluding diaryl/α,β-unsaturated/α-hetero) is 1. The lowest BCUT2D eigenvalue weighted by molar-refractivity contribution is -0.136. The molecular formula is C21H24N2O5. The second-order valence-corrected chi connectivity index (χ2v) is 7.74. The number of nitrogens with zero attached hydrogens (tertiary/aromatic N) is 2. The summed E-state index contributed by atoms with van der Waals surface area (Å²) in [5, 5.41) is 0. The smallest absolute Gasteiger partial charge is 0.337 e. The molecule has 2 aliphatic heterocycles. The molecular weight excluding hydrogens is 360 g/mol. The molecule has 0 N–H and O–H groups in total. The number of methoxy groups -OCH3 is 1. The minimum atomic E-state index is -0.508. The van der Waals surface area contributed by atoms with Crippen LogP contribution in [0.5, 0.6) is 0 Å². The fraction of sp³-hybridized carbons (Fsp3) is 0.524. The molecule has 4 rings (SSSR count). The van der Waals surface area contributed by atoms with Crippen LogP contribution in [0.3, 0.4) is 0 Å². The number of piperidine rings is 1. The number of rotatable bonds is 3. The van der Waals surface area contributed by atoms with Gasteiger partial charge in [0.05, 0.1) is 30.8 Å². The summed E-state index contributed by atoms with van der Waals surface area (Å²) >= 11 is 0. The maximum absolute atomic E-state index is 13.1. The summed E-state index contributed by atoms with van der Waals surface area (Å²) in [6.45, 7) is 0.540. The van der Waals surface area contributed by atoms with Crippen LogP contribution in [0.25, 0.3) is 0 Å². The minimum Gasteiger partial charge on any atom is -0.465 e. The van der Waals surface area contributed by atoms with E-state index in [0.29, 0.717) is 30.0 Å². The summed E-state index contributed by atoms with van der Waals surface area (Å²) in [6.07, 6.45) is 4.48. The van der Waals surface area contributed by atoms with Gasteiger partial charge in [-0.2, -0.15) is 0 Å². The summed E-state index contributed by atoms with van der Waals surface area (Å²) < 4.78 is 4.68. The van der Waals surface area contributed by atoms with Crippen molar-refractivity contribution in [2.24, 2.45) is 5.92 Å². The van der Waals surface area contributed by atoms with Crippen molar-refractivity contribution in [2.45, 2.75) is 50.6 Å². The molecule has 1 saturated carbocycles. The van der Waals surface area contributed by atoms with Crippen LogP contribution >= 0.6 is 0 Å². The van der Waals surface area contributed by atoms with Gasteiger partial charge in [0.15, 0.2) is 0 Å². The number of hydrogen-bond donors (Lipinski definition) is 0. The summed E-state index contributed by atoms with van der Waals surface area (Å²) in [5.74, 6) is -0.656. The highest BCUT2D eigenvalue weighted by molar-refractivity contribution is 6.22. The van der Waals surface area contributed by atoms with Gasteiger partial charge in [0.1, 0.15) is 5.78 Å². The monoisotopic (exact) mass is 384 g/mol. The SMILES string of the molecule is COC(=O)c1ccc(N2C(=O)CC(N3CCC(=O)[C@@H]4CCCC[C@H]43)C2=O)cc1. The van der Waals surface area contributed by atoms with Gasteiger partial charge in [0.2, 0.25) is 5.91 Å². The molecule has 1 unspecified atom stereocenters. The van der Waals surface area contributed by atoms with Gasteiger partial charge in [0.25, 0.3) is 5.91 Å². The zero-order valence-electron chi connectivity index (χ0n) is 15.9. The van der Waals surface area contributed by atoms with E-state index in [-0.39, 0.29) is 30.2 Å². The molecule has 0 bridgehead atoms. The van der Waals surface area contributed by atoms with E-state index in [1.165, 1.54) is 12.0 Å². The predicted molar refractivity (Wildman–Crippen MR) is 101 cm³/mol. The van der Waals surface area contributed by atoms with Crippen LogP contribution < -0.4 is 4.90 Å². The first-order valence-corrected chi connectivity index (χ1v) is 9.85. The van der Waals surface area contributed by atoms with Crippen molar-refractivity contribution in [1.29, 1.82) is 0 Å². The maximum Gasteiger partial charge on any atom is 0.337 e. The minimum absolute atomic E-state index is 0.00112. The van der Waals surface area contributed by atoms with Gasteiger partial charge in [-0.15, -0.1) is 0 Å². The Kier molecular flexibility index (Phi) is 5.02. The first kappa shape index (κ1) is 18.8. The van der Waals surface area contributed by atoms with Gasteiger partial charge < -0.3 is 4.74 Å². The van der Waals surface area contributed by atoms with Crippen LogP contribution in [-0.4, -0.2) is 54.2 Å². The van der Waals surface area contributed by atoms with Crippen molar-refractivity contribution < 1.29 is 23.9 Å². The lowest BCUT2D eigenvalue weighted by atomic mass is 9.77. The largest absolute Gasteiger partial charge is 0.465 e. The molecule has 2 saturated heterocycles. The molecule has 2 amide bonds. The van der Waals surface area contributed by atoms with E-state index in [4.69, 9.17) is 0 Å². The topological polar surface area (TPSA) is 84.0 Å². The molecule has 7 nitrogen and oxygen atoms in total. The van der Waals surface area contributed by atoms with Gasteiger partial charge >= 0.3 is 5.97 Å². The lowest BCUT2D eigenvalue weighted by Gasteiger charge is -2.45. The van der Waals surface area contributed by atoms with Gasteiger partial charge in [-0.3, -0.25) is 19.3 Å². The highest BCUT2D eigenvalue weighted by atomic mass is 16.5. The average molecular weight is 384 g/mol. The van der Waals surface area contributed by atoms with Crippen molar-refractivity contribution in [2.75, 3.05) is 18.6 Å². The van der Waals surface area contributed by atoms with Crippen LogP contribution in [0.1, 0.15) is 48.9 Å². The Balaban J connectivity index is 1.55. The molecule has 28 heavy (non-hydrogen) atoms. The van der Waals surface area contributed by atoms with Crippen LogP contribution in [0, 0.1) is 5.92 Å². The molecule has 3 atom stereocenters. The molecule has 0 aromatic heterocycles. The number of amides is 2. The van der Waals surface area contributed by atoms with Crippen molar-refractivity contribution >= 4 is 29.3 Å². The van der Waals surface area contributed by atoms with Crippen molar-refractivity contribution in [3.05, 3.63) is 29.8 Å². The molecule has 7 heteroatoms. The van der Waals surface area contributed by atoms with Gasteiger partial charge in [-0.25, -0.2) is 9.69 Å². The Morgan fingerprint density at radius 1 is 1.07 bits per heavy atom. The molecule has 0 radical (unpaired) electrons. The second kappa shape index (κ2) is 7.47. The Labute approximate surface area is 163 Å².